The van der Waals surface area contributed by atoms with Gasteiger partial charge in [-0.3, -0.25) is 0 Å². The minimum atomic E-state index is 0.568. The molecule has 98 valence electrons. The first kappa shape index (κ1) is 13.1. The van der Waals surface area contributed by atoms with E-state index in [9.17, 15) is 0 Å². The van der Waals surface area contributed by atoms with E-state index in [1.165, 1.54) is 0 Å². The number of nitriles is 1. The van der Waals surface area contributed by atoms with Crippen LogP contribution >= 0.6 is 0 Å². The number of unbranched alkanes of at least 4 members (excludes halogenated alkanes) is 1. The standard InChI is InChI=1S/C14H16N4O/c1-2-19-14-6-5-12(9-16-14)13-10-18(11-17-13)8-4-3-7-15/h5-6,9-11H,2-4,8H2,1H3. The van der Waals surface area contributed by atoms with Crippen molar-refractivity contribution in [3.8, 4) is 23.2 Å². The molecule has 0 radical (unpaired) electrons. The van der Waals surface area contributed by atoms with E-state index >= 15 is 0 Å². The zero-order valence-electron chi connectivity index (χ0n) is 10.9. The van der Waals surface area contributed by atoms with Crippen LogP contribution in [0.25, 0.3) is 11.3 Å². The quantitative estimate of drug-likeness (QED) is 0.745. The van der Waals surface area contributed by atoms with Gasteiger partial charge in [0.05, 0.1) is 24.7 Å². The second-order valence-electron chi connectivity index (χ2n) is 4.08. The van der Waals surface area contributed by atoms with Crippen LogP contribution < -0.4 is 4.74 Å². The molecular formula is C14H16N4O. The summed E-state index contributed by atoms with van der Waals surface area (Å²) < 4.78 is 7.29. The van der Waals surface area contributed by atoms with Crippen LogP contribution in [-0.4, -0.2) is 21.1 Å². The Hall–Kier alpha value is -2.35. The van der Waals surface area contributed by atoms with Crippen molar-refractivity contribution in [2.75, 3.05) is 6.61 Å². The van der Waals surface area contributed by atoms with Crippen LogP contribution in [0.1, 0.15) is 19.8 Å². The highest BCUT2D eigenvalue weighted by Gasteiger charge is 2.03. The molecular weight excluding hydrogens is 240 g/mol. The number of rotatable bonds is 6. The highest BCUT2D eigenvalue weighted by atomic mass is 16.5. The van der Waals surface area contributed by atoms with Gasteiger partial charge in [-0.2, -0.15) is 5.26 Å². The molecule has 2 rings (SSSR count). The molecule has 0 atom stereocenters. The Bertz CT molecular complexity index is 554. The van der Waals surface area contributed by atoms with E-state index in [-0.39, 0.29) is 0 Å². The maximum absolute atomic E-state index is 8.50. The van der Waals surface area contributed by atoms with Gasteiger partial charge < -0.3 is 9.30 Å². The molecule has 0 fully saturated rings. The van der Waals surface area contributed by atoms with Gasteiger partial charge in [-0.25, -0.2) is 9.97 Å². The van der Waals surface area contributed by atoms with Crippen molar-refractivity contribution in [3.05, 3.63) is 30.9 Å². The van der Waals surface area contributed by atoms with Gasteiger partial charge in [0.1, 0.15) is 0 Å². The fourth-order valence-electron chi connectivity index (χ4n) is 1.74. The largest absolute Gasteiger partial charge is 0.478 e. The van der Waals surface area contributed by atoms with Crippen LogP contribution in [0.2, 0.25) is 0 Å². The lowest BCUT2D eigenvalue weighted by Crippen LogP contribution is -1.94. The number of pyridine rings is 1. The molecule has 0 saturated carbocycles. The summed E-state index contributed by atoms with van der Waals surface area (Å²) in [5.74, 6) is 0.625. The molecule has 0 amide bonds. The van der Waals surface area contributed by atoms with Crippen LogP contribution in [0.15, 0.2) is 30.9 Å². The molecule has 2 aromatic rings. The third-order valence-electron chi connectivity index (χ3n) is 2.66. The summed E-state index contributed by atoms with van der Waals surface area (Å²) in [5, 5.41) is 8.50. The highest BCUT2D eigenvalue weighted by Crippen LogP contribution is 2.18. The zero-order valence-corrected chi connectivity index (χ0v) is 10.9. The molecule has 0 spiro atoms. The van der Waals surface area contributed by atoms with Crippen molar-refractivity contribution in [1.29, 1.82) is 5.26 Å². The number of hydrogen-bond acceptors (Lipinski definition) is 4. The number of hydrogen-bond donors (Lipinski definition) is 0. The van der Waals surface area contributed by atoms with Gasteiger partial charge in [0, 0.05) is 37.0 Å². The number of ether oxygens (including phenoxy) is 1. The minimum absolute atomic E-state index is 0.568. The summed E-state index contributed by atoms with van der Waals surface area (Å²) in [5.41, 5.74) is 1.84. The molecule has 19 heavy (non-hydrogen) atoms. The average molecular weight is 256 g/mol. The second-order valence-corrected chi connectivity index (χ2v) is 4.08. The number of nitrogens with zero attached hydrogens (tertiary/aromatic N) is 4. The summed E-state index contributed by atoms with van der Waals surface area (Å²) >= 11 is 0. The molecule has 0 saturated heterocycles. The van der Waals surface area contributed by atoms with Crippen LogP contribution in [0.5, 0.6) is 5.88 Å². The van der Waals surface area contributed by atoms with Gasteiger partial charge in [0.15, 0.2) is 0 Å². The average Bonchev–Trinajstić information content (AvgIpc) is 2.89. The summed E-state index contributed by atoms with van der Waals surface area (Å²) in [7, 11) is 0. The fourth-order valence-corrected chi connectivity index (χ4v) is 1.74. The van der Waals surface area contributed by atoms with E-state index in [4.69, 9.17) is 10.00 Å². The van der Waals surface area contributed by atoms with Gasteiger partial charge in [-0.05, 0) is 19.4 Å². The number of aryl methyl sites for hydroxylation is 1. The van der Waals surface area contributed by atoms with E-state index in [2.05, 4.69) is 16.0 Å². The summed E-state index contributed by atoms with van der Waals surface area (Å²) in [6.45, 7) is 3.35. The van der Waals surface area contributed by atoms with E-state index < -0.39 is 0 Å². The molecule has 0 aliphatic rings. The van der Waals surface area contributed by atoms with Crippen LogP contribution in [0, 0.1) is 11.3 Å². The molecule has 0 aromatic carbocycles. The van der Waals surface area contributed by atoms with Gasteiger partial charge in [0.2, 0.25) is 5.88 Å². The van der Waals surface area contributed by atoms with Crippen molar-refractivity contribution in [2.24, 2.45) is 0 Å². The molecule has 2 heterocycles. The Morgan fingerprint density at radius 1 is 1.37 bits per heavy atom. The van der Waals surface area contributed by atoms with Crippen molar-refractivity contribution < 1.29 is 4.74 Å². The lowest BCUT2D eigenvalue weighted by molar-refractivity contribution is 0.327. The first-order valence-electron chi connectivity index (χ1n) is 6.31. The molecule has 5 nitrogen and oxygen atoms in total. The van der Waals surface area contributed by atoms with Gasteiger partial charge in [-0.15, -0.1) is 0 Å². The Labute approximate surface area is 112 Å². The normalized spacial score (nSPS) is 10.1. The smallest absolute Gasteiger partial charge is 0.213 e. The summed E-state index contributed by atoms with van der Waals surface area (Å²) in [4.78, 5) is 8.56. The van der Waals surface area contributed by atoms with Crippen molar-refractivity contribution in [3.63, 3.8) is 0 Å². The van der Waals surface area contributed by atoms with E-state index in [0.717, 1.165) is 24.2 Å². The second kappa shape index (κ2) is 6.55. The minimum Gasteiger partial charge on any atom is -0.478 e. The monoisotopic (exact) mass is 256 g/mol. The summed E-state index contributed by atoms with van der Waals surface area (Å²) in [6, 6.07) is 5.92. The molecule has 0 aliphatic heterocycles. The molecule has 0 unspecified atom stereocenters. The molecule has 5 heteroatoms. The third kappa shape index (κ3) is 3.55. The van der Waals surface area contributed by atoms with Crippen LogP contribution in [-0.2, 0) is 6.54 Å². The van der Waals surface area contributed by atoms with Crippen LogP contribution in [0.4, 0.5) is 0 Å². The maximum Gasteiger partial charge on any atom is 0.213 e. The SMILES string of the molecule is CCOc1ccc(-c2cn(CCCC#N)cn2)cn1. The molecule has 0 N–H and O–H groups in total. The Morgan fingerprint density at radius 2 is 2.26 bits per heavy atom. The van der Waals surface area contributed by atoms with Crippen molar-refractivity contribution in [1.82, 2.24) is 14.5 Å². The Kier molecular flexibility index (Phi) is 4.51. The number of aromatic nitrogens is 3. The highest BCUT2D eigenvalue weighted by molar-refractivity contribution is 5.57. The predicted molar refractivity (Wildman–Crippen MR) is 71.5 cm³/mol. The van der Waals surface area contributed by atoms with Gasteiger partial charge >= 0.3 is 0 Å². The first-order valence-corrected chi connectivity index (χ1v) is 6.31. The van der Waals surface area contributed by atoms with Crippen molar-refractivity contribution >= 4 is 0 Å². The fraction of sp³-hybridized carbons (Fsp3) is 0.357. The topological polar surface area (TPSA) is 63.7 Å². The van der Waals surface area contributed by atoms with Gasteiger partial charge in [-0.1, -0.05) is 0 Å². The number of imidazole rings is 1. The third-order valence-corrected chi connectivity index (χ3v) is 2.66. The Balaban J connectivity index is 2.03. The zero-order chi connectivity index (χ0) is 13.5. The predicted octanol–water partition coefficient (Wildman–Crippen LogP) is 2.65. The molecule has 0 aliphatic carbocycles. The Morgan fingerprint density at radius 3 is 2.95 bits per heavy atom. The maximum atomic E-state index is 8.50. The lowest BCUT2D eigenvalue weighted by atomic mass is 10.2. The van der Waals surface area contributed by atoms with E-state index in [1.54, 1.807) is 12.5 Å². The lowest BCUT2D eigenvalue weighted by Gasteiger charge is -2.02. The molecule has 0 bridgehead atoms. The summed E-state index contributed by atoms with van der Waals surface area (Å²) in [6.07, 6.45) is 6.91. The first-order chi connectivity index (χ1) is 9.33. The van der Waals surface area contributed by atoms with Gasteiger partial charge in [0.25, 0.3) is 0 Å². The van der Waals surface area contributed by atoms with E-state index in [0.29, 0.717) is 18.9 Å². The van der Waals surface area contributed by atoms with Crippen molar-refractivity contribution in [2.45, 2.75) is 26.3 Å². The molecule has 2 aromatic heterocycles. The van der Waals surface area contributed by atoms with Crippen LogP contribution in [0.3, 0.4) is 0 Å². The van der Waals surface area contributed by atoms with E-state index in [1.807, 2.05) is 29.8 Å².